The number of hydrogen-bond donors (Lipinski definition) is 14. The van der Waals surface area contributed by atoms with Gasteiger partial charge in [0.1, 0.15) is 42.5 Å². The van der Waals surface area contributed by atoms with Gasteiger partial charge in [-0.15, -0.1) is 0 Å². The maximum atomic E-state index is 12.3. The van der Waals surface area contributed by atoms with Gasteiger partial charge in [-0.25, -0.2) is 8.42 Å². The van der Waals surface area contributed by atoms with Crippen LogP contribution in [0.4, 0.5) is 56.9 Å². The van der Waals surface area contributed by atoms with Crippen LogP contribution in [0.1, 0.15) is 22.3 Å². The number of benzene rings is 8. The number of nitro benzene ring substituents is 2. The molecule has 35 heteroatoms. The van der Waals surface area contributed by atoms with E-state index in [1.807, 2.05) is 0 Å². The molecule has 0 saturated carbocycles. The number of hydrogen-bond acceptors (Lipinski definition) is 24. The summed E-state index contributed by atoms with van der Waals surface area (Å²) >= 11 is 0. The molecule has 0 heterocycles. The number of phenolic OH excluding ortho intramolecular Hbond substituents is 2. The Kier molecular flexibility index (Phi) is 20.2. The lowest BCUT2D eigenvalue weighted by molar-refractivity contribution is -0.384. The average molecular weight is 1300 g/mol. The highest BCUT2D eigenvalue weighted by atomic mass is 32.2. The van der Waals surface area contributed by atoms with Crippen molar-refractivity contribution in [2.24, 2.45) is 0 Å². The Morgan fingerprint density at radius 3 is 0.989 bits per heavy atom. The molecule has 0 amide bonds. The van der Waals surface area contributed by atoms with Crippen molar-refractivity contribution in [1.29, 1.82) is 0 Å². The Morgan fingerprint density at radius 1 is 0.379 bits per heavy atom. The van der Waals surface area contributed by atoms with Crippen LogP contribution in [0.5, 0.6) is 11.5 Å². The fourth-order valence-electron chi connectivity index (χ4n) is 7.56. The Balaban J connectivity index is 0.000000213. The van der Waals surface area contributed by atoms with E-state index in [0.29, 0.717) is 22.3 Å². The number of nitro groups is 2. The number of sulfone groups is 1. The summed E-state index contributed by atoms with van der Waals surface area (Å²) in [5.74, 6) is -0.381. The molecule has 0 atom stereocenters. The third-order valence-electron chi connectivity index (χ3n) is 12.1. The molecule has 0 aromatic heterocycles. The number of nitrogen functional groups attached to an aromatic ring is 8. The third-order valence-corrected chi connectivity index (χ3v) is 17.4. The summed E-state index contributed by atoms with van der Waals surface area (Å²) in [6.07, 6.45) is 2.53. The monoisotopic (exact) mass is 1300 g/mol. The lowest BCUT2D eigenvalue weighted by atomic mass is 10.00. The van der Waals surface area contributed by atoms with Crippen LogP contribution < -0.4 is 45.9 Å². The van der Waals surface area contributed by atoms with Gasteiger partial charge in [-0.3, -0.25) is 38.4 Å². The molecule has 0 spiro atoms. The van der Waals surface area contributed by atoms with Crippen LogP contribution in [0.25, 0.3) is 34.4 Å². The molecule has 0 radical (unpaired) electrons. The summed E-state index contributed by atoms with van der Waals surface area (Å²) in [6.45, 7) is 3.17. The molecule has 8 rings (SSSR count). The number of nitrogens with two attached hydrogens (primary N) is 8. The van der Waals surface area contributed by atoms with E-state index in [1.165, 1.54) is 97.1 Å². The Labute approximate surface area is 495 Å². The minimum atomic E-state index is -4.69. The van der Waals surface area contributed by atoms with Gasteiger partial charge in [-0.1, -0.05) is 36.4 Å². The minimum absolute atomic E-state index is 0.0312. The normalized spacial score (nSPS) is 11.7. The molecule has 0 bridgehead atoms. The van der Waals surface area contributed by atoms with Gasteiger partial charge in [0.15, 0.2) is 0 Å². The first-order valence-corrected chi connectivity index (χ1v) is 30.9. The van der Waals surface area contributed by atoms with Crippen molar-refractivity contribution < 1.29 is 80.4 Å². The minimum Gasteiger partial charge on any atom is -0.506 e. The molecular formula is C52H52N10O20S5. The van der Waals surface area contributed by atoms with Crippen molar-refractivity contribution in [3.63, 3.8) is 0 Å². The van der Waals surface area contributed by atoms with Gasteiger partial charge in [0, 0.05) is 46.0 Å². The predicted molar refractivity (Wildman–Crippen MR) is 325 cm³/mol. The van der Waals surface area contributed by atoms with Crippen molar-refractivity contribution >= 4 is 119 Å². The van der Waals surface area contributed by atoms with E-state index in [2.05, 4.69) is 0 Å². The van der Waals surface area contributed by atoms with E-state index >= 15 is 0 Å². The van der Waals surface area contributed by atoms with E-state index in [1.54, 1.807) is 26.0 Å². The zero-order valence-electron chi connectivity index (χ0n) is 44.8. The van der Waals surface area contributed by atoms with Crippen molar-refractivity contribution in [2.75, 3.05) is 45.9 Å². The largest absolute Gasteiger partial charge is 0.506 e. The molecule has 8 aromatic carbocycles. The van der Waals surface area contributed by atoms with Crippen LogP contribution in [-0.2, 0) is 50.3 Å². The highest BCUT2D eigenvalue weighted by Gasteiger charge is 2.26. The van der Waals surface area contributed by atoms with E-state index in [0.717, 1.165) is 36.4 Å². The van der Waals surface area contributed by atoms with Gasteiger partial charge in [-0.05, 0) is 144 Å². The van der Waals surface area contributed by atoms with Gasteiger partial charge in [0.25, 0.3) is 51.8 Å². The Hall–Kier alpha value is -10.1. The fourth-order valence-corrected chi connectivity index (χ4v) is 11.8. The van der Waals surface area contributed by atoms with Gasteiger partial charge in [-0.2, -0.15) is 33.7 Å². The Morgan fingerprint density at radius 2 is 0.701 bits per heavy atom. The Bertz CT molecular complexity index is 4420. The molecule has 30 nitrogen and oxygen atoms in total. The maximum absolute atomic E-state index is 12.3. The van der Waals surface area contributed by atoms with Gasteiger partial charge >= 0.3 is 0 Å². The summed E-state index contributed by atoms with van der Waals surface area (Å²) < 4.78 is 154. The van der Waals surface area contributed by atoms with Gasteiger partial charge < -0.3 is 56.1 Å². The second-order valence-corrected chi connectivity index (χ2v) is 25.8. The lowest BCUT2D eigenvalue weighted by Crippen LogP contribution is -2.08. The number of aryl methyl sites for hydroxylation is 2. The van der Waals surface area contributed by atoms with Crippen LogP contribution in [0, 0.1) is 34.1 Å². The highest BCUT2D eigenvalue weighted by molar-refractivity contribution is 7.91. The van der Waals surface area contributed by atoms with Crippen molar-refractivity contribution in [2.45, 2.75) is 43.2 Å². The molecule has 8 aromatic rings. The van der Waals surface area contributed by atoms with Crippen LogP contribution in [0.3, 0.4) is 0 Å². The zero-order valence-corrected chi connectivity index (χ0v) is 48.9. The summed E-state index contributed by atoms with van der Waals surface area (Å²) in [7, 11) is -22.2. The number of phenols is 2. The molecule has 0 aliphatic carbocycles. The molecule has 0 saturated heterocycles. The first-order valence-electron chi connectivity index (χ1n) is 23.7. The lowest BCUT2D eigenvalue weighted by Gasteiger charge is -2.15. The molecule has 22 N–H and O–H groups in total. The summed E-state index contributed by atoms with van der Waals surface area (Å²) in [5.41, 5.74) is 46.1. The van der Waals surface area contributed by atoms with Gasteiger partial charge in [0.05, 0.1) is 31.0 Å². The predicted octanol–water partition coefficient (Wildman–Crippen LogP) is 6.57. The standard InChI is InChI=1S/C14H16N2O6S2.C14H14N2O6S2.C12H10N4O4.C12H12N2O4S/c1-7-3-9(13(5-11(7)15)23(17,18)19)10-4-8(2)12(16)6-14(10)24(20,21)22;15-11-5-3-9(13(7-11)23(17,18)19)1-2-10-4-6-12(16)8-14(10)24(20,21)22;13-9-3-1-7(5-11(9)15(17)18)8-2-4-10(14)12(6-8)16(19)20;13-9-5-7(1-3-11(9)15)19(17,18)8-2-4-12(16)10(14)6-8/h3-6H,15-16H2,1-2H3,(H,17,18,19)(H,20,21,22);1-8H,15-16H2,(H,17,18,19)(H,20,21,22);1-6H,13-14H2;1-6,15-16H,13-14H2. The number of nitrogens with zero attached hydrogens (tertiary/aromatic N) is 2. The zero-order chi connectivity index (χ0) is 65.6. The molecule has 0 fully saturated rings. The number of rotatable bonds is 12. The van der Waals surface area contributed by atoms with E-state index in [4.69, 9.17) is 45.9 Å². The quantitative estimate of drug-likeness (QED) is 0.0153. The summed E-state index contributed by atoms with van der Waals surface area (Å²) in [4.78, 5) is 18.3. The SMILES string of the molecule is Cc1cc(-c2cc(C)c(N)cc2S(=O)(=O)O)c(S(=O)(=O)O)cc1N.Nc1cc(S(=O)(=O)c2ccc(O)c(N)c2)ccc1O.Nc1ccc(-c2ccc(N)c([N+](=O)[O-])c2)cc1[N+](=O)[O-].Nc1ccc(C=Cc2ccc(N)cc2S(=O)(=O)O)c(S(=O)(=O)O)c1. The van der Waals surface area contributed by atoms with Crippen LogP contribution >= 0.6 is 0 Å². The van der Waals surface area contributed by atoms with Crippen LogP contribution in [-0.4, -0.2) is 80.4 Å². The first-order chi connectivity index (χ1) is 40.0. The van der Waals surface area contributed by atoms with Crippen LogP contribution in [0.2, 0.25) is 0 Å². The summed E-state index contributed by atoms with van der Waals surface area (Å²) in [6, 6.07) is 28.0. The van der Waals surface area contributed by atoms with Crippen LogP contribution in [0.15, 0.2) is 163 Å². The molecule has 87 heavy (non-hydrogen) atoms. The molecular weight excluding hydrogens is 1240 g/mol. The van der Waals surface area contributed by atoms with E-state index in [9.17, 15) is 90.7 Å². The van der Waals surface area contributed by atoms with E-state index < -0.39 is 79.7 Å². The third kappa shape index (κ3) is 16.8. The molecule has 0 aliphatic heterocycles. The molecule has 0 aliphatic rings. The number of anilines is 8. The van der Waals surface area contributed by atoms with Gasteiger partial charge in [0.2, 0.25) is 9.84 Å². The van der Waals surface area contributed by atoms with Crippen molar-refractivity contribution in [3.05, 3.63) is 176 Å². The molecule has 460 valence electrons. The second-order valence-electron chi connectivity index (χ2n) is 18.2. The second kappa shape index (κ2) is 26.0. The smallest absolute Gasteiger partial charge is 0.295 e. The van der Waals surface area contributed by atoms with Crippen molar-refractivity contribution in [1.82, 2.24) is 0 Å². The van der Waals surface area contributed by atoms with E-state index in [-0.39, 0.29) is 100 Å². The number of aromatic hydroxyl groups is 2. The highest BCUT2D eigenvalue weighted by Crippen LogP contribution is 2.38. The maximum Gasteiger partial charge on any atom is 0.295 e. The topological polar surface area (TPSA) is 587 Å². The average Bonchev–Trinajstić information content (AvgIpc) is 1.61. The summed E-state index contributed by atoms with van der Waals surface area (Å²) in [5, 5.41) is 40.2. The molecule has 0 unspecified atom stereocenters. The first kappa shape index (κ1) is 67.7. The fraction of sp³-hybridized carbons (Fsp3) is 0.0385. The van der Waals surface area contributed by atoms with Crippen molar-refractivity contribution in [3.8, 4) is 33.8 Å².